The Balaban J connectivity index is 1.32. The molecule has 0 saturated carbocycles. The van der Waals surface area contributed by atoms with Crippen LogP contribution in [-0.4, -0.2) is 19.5 Å². The van der Waals surface area contributed by atoms with E-state index in [0.717, 1.165) is 27.9 Å². The van der Waals surface area contributed by atoms with Crippen molar-refractivity contribution < 1.29 is 0 Å². The molecule has 4 heteroatoms. The highest BCUT2D eigenvalue weighted by Gasteiger charge is 2.57. The van der Waals surface area contributed by atoms with E-state index in [0.29, 0.717) is 17.5 Å². The summed E-state index contributed by atoms with van der Waals surface area (Å²) in [6.07, 6.45) is 0. The summed E-state index contributed by atoms with van der Waals surface area (Å²) in [5.41, 5.74) is 11.6. The van der Waals surface area contributed by atoms with Gasteiger partial charge in [-0.15, -0.1) is 0 Å². The lowest BCUT2D eigenvalue weighted by atomic mass is 9.59. The van der Waals surface area contributed by atoms with Crippen LogP contribution in [0.25, 0.3) is 72.8 Å². The van der Waals surface area contributed by atoms with E-state index < -0.39 is 0 Å². The van der Waals surface area contributed by atoms with Gasteiger partial charge in [-0.2, -0.15) is 0 Å². The van der Waals surface area contributed by atoms with Crippen LogP contribution in [0.2, 0.25) is 0 Å². The monoisotopic (exact) mass is 674 g/mol. The van der Waals surface area contributed by atoms with E-state index in [4.69, 9.17) is 15.0 Å². The molecule has 254 valence electrons. The van der Waals surface area contributed by atoms with E-state index in [1.54, 1.807) is 0 Å². The second-order valence-corrected chi connectivity index (χ2v) is 15.8. The minimum atomic E-state index is -0.0251. The Morgan fingerprint density at radius 2 is 0.865 bits per heavy atom. The van der Waals surface area contributed by atoms with Gasteiger partial charge in [-0.05, 0) is 81.0 Å². The Labute approximate surface area is 305 Å². The minimum absolute atomic E-state index is 0.0229. The maximum absolute atomic E-state index is 5.09. The molecule has 0 radical (unpaired) electrons. The summed E-state index contributed by atoms with van der Waals surface area (Å²) >= 11 is 0. The molecule has 0 N–H and O–H groups in total. The summed E-state index contributed by atoms with van der Waals surface area (Å²) in [6, 6.07) is 51.6. The number of fused-ring (bicyclic) bond motifs is 4. The highest BCUT2D eigenvalue weighted by atomic mass is 15.0. The molecule has 0 amide bonds. The molecule has 1 aliphatic rings. The first-order valence-electron chi connectivity index (χ1n) is 18.2. The SMILES string of the molecule is CC1(C)c2cc3c4cc(-c5nc(-c6ccccc6)nc(-c6ccccc6)n5)ccc4n(-c4cccc(-c5ccccc5)c4)c3cc2C(C)(C)C1(C)C. The molecule has 0 bridgehead atoms. The summed E-state index contributed by atoms with van der Waals surface area (Å²) in [7, 11) is 0. The van der Waals surface area contributed by atoms with Crippen LogP contribution in [-0.2, 0) is 10.8 Å². The summed E-state index contributed by atoms with van der Waals surface area (Å²) in [5.74, 6) is 1.98. The van der Waals surface area contributed by atoms with Gasteiger partial charge in [0.25, 0.3) is 0 Å². The fourth-order valence-electron chi connectivity index (χ4n) is 8.36. The van der Waals surface area contributed by atoms with Gasteiger partial charge < -0.3 is 4.57 Å². The quantitative estimate of drug-likeness (QED) is 0.182. The smallest absolute Gasteiger partial charge is 0.164 e. The number of hydrogen-bond donors (Lipinski definition) is 0. The van der Waals surface area contributed by atoms with E-state index in [-0.39, 0.29) is 16.2 Å². The number of rotatable bonds is 5. The van der Waals surface area contributed by atoms with Crippen LogP contribution < -0.4 is 0 Å². The van der Waals surface area contributed by atoms with Crippen LogP contribution in [0.3, 0.4) is 0 Å². The van der Waals surface area contributed by atoms with Gasteiger partial charge in [0.05, 0.1) is 11.0 Å². The van der Waals surface area contributed by atoms with Crippen molar-refractivity contribution in [3.05, 3.63) is 157 Å². The Hall–Kier alpha value is -5.87. The number of hydrogen-bond acceptors (Lipinski definition) is 3. The van der Waals surface area contributed by atoms with Gasteiger partial charge in [0.15, 0.2) is 17.5 Å². The molecular formula is C48H42N4. The molecular weight excluding hydrogens is 633 g/mol. The Bertz CT molecular complexity index is 2570. The van der Waals surface area contributed by atoms with Gasteiger partial charge in [-0.3, -0.25) is 0 Å². The normalized spacial score (nSPS) is 15.6. The summed E-state index contributed by atoms with van der Waals surface area (Å²) in [5, 5.41) is 2.42. The lowest BCUT2D eigenvalue weighted by molar-refractivity contribution is 0.125. The van der Waals surface area contributed by atoms with Crippen molar-refractivity contribution in [1.29, 1.82) is 0 Å². The number of benzene rings is 6. The van der Waals surface area contributed by atoms with Crippen LogP contribution in [0, 0.1) is 5.41 Å². The van der Waals surface area contributed by atoms with E-state index in [1.807, 2.05) is 36.4 Å². The van der Waals surface area contributed by atoms with Crippen LogP contribution >= 0.6 is 0 Å². The van der Waals surface area contributed by atoms with Crippen molar-refractivity contribution in [2.75, 3.05) is 0 Å². The topological polar surface area (TPSA) is 43.6 Å². The van der Waals surface area contributed by atoms with Crippen LogP contribution in [0.5, 0.6) is 0 Å². The van der Waals surface area contributed by atoms with Crippen molar-refractivity contribution >= 4 is 21.8 Å². The third-order valence-electron chi connectivity index (χ3n) is 12.5. The lowest BCUT2D eigenvalue weighted by Crippen LogP contribution is -2.42. The first kappa shape index (κ1) is 32.1. The first-order valence-corrected chi connectivity index (χ1v) is 18.2. The second kappa shape index (κ2) is 11.6. The fourth-order valence-corrected chi connectivity index (χ4v) is 8.36. The van der Waals surface area contributed by atoms with Gasteiger partial charge in [-0.1, -0.05) is 145 Å². The average molecular weight is 675 g/mol. The zero-order valence-corrected chi connectivity index (χ0v) is 30.6. The predicted octanol–water partition coefficient (Wildman–Crippen LogP) is 12.2. The van der Waals surface area contributed by atoms with Crippen molar-refractivity contribution in [3.63, 3.8) is 0 Å². The molecule has 2 heterocycles. The van der Waals surface area contributed by atoms with Crippen molar-refractivity contribution in [1.82, 2.24) is 19.5 Å². The third-order valence-corrected chi connectivity index (χ3v) is 12.5. The molecule has 0 saturated heterocycles. The summed E-state index contributed by atoms with van der Waals surface area (Å²) in [4.78, 5) is 15.1. The molecule has 8 aromatic rings. The third kappa shape index (κ3) is 4.77. The Morgan fingerprint density at radius 1 is 0.385 bits per heavy atom. The molecule has 1 aliphatic carbocycles. The zero-order chi connectivity index (χ0) is 35.8. The molecule has 0 unspecified atom stereocenters. The maximum Gasteiger partial charge on any atom is 0.164 e. The molecule has 6 aromatic carbocycles. The van der Waals surface area contributed by atoms with Crippen molar-refractivity contribution in [3.8, 4) is 51.0 Å². The van der Waals surface area contributed by atoms with Crippen molar-refractivity contribution in [2.45, 2.75) is 52.4 Å². The average Bonchev–Trinajstić information content (AvgIpc) is 3.55. The van der Waals surface area contributed by atoms with E-state index in [1.165, 1.54) is 38.5 Å². The number of nitrogens with zero attached hydrogens (tertiary/aromatic N) is 4. The molecule has 2 aromatic heterocycles. The highest BCUT2D eigenvalue weighted by molar-refractivity contribution is 6.11. The van der Waals surface area contributed by atoms with E-state index >= 15 is 0 Å². The molecule has 4 nitrogen and oxygen atoms in total. The Kier molecular flexibility index (Phi) is 7.14. The van der Waals surface area contributed by atoms with Crippen LogP contribution in [0.15, 0.2) is 146 Å². The van der Waals surface area contributed by atoms with Crippen molar-refractivity contribution in [2.24, 2.45) is 5.41 Å². The minimum Gasteiger partial charge on any atom is -0.309 e. The van der Waals surface area contributed by atoms with Crippen LogP contribution in [0.4, 0.5) is 0 Å². The van der Waals surface area contributed by atoms with Gasteiger partial charge in [-0.25, -0.2) is 15.0 Å². The first-order chi connectivity index (χ1) is 25.0. The predicted molar refractivity (Wildman–Crippen MR) is 216 cm³/mol. The van der Waals surface area contributed by atoms with Gasteiger partial charge >= 0.3 is 0 Å². The lowest BCUT2D eigenvalue weighted by Gasteiger charge is -2.44. The molecule has 0 aliphatic heterocycles. The van der Waals surface area contributed by atoms with Gasteiger partial charge in [0, 0.05) is 33.2 Å². The largest absolute Gasteiger partial charge is 0.309 e. The highest BCUT2D eigenvalue weighted by Crippen LogP contribution is 2.62. The fraction of sp³-hybridized carbons (Fsp3) is 0.188. The van der Waals surface area contributed by atoms with E-state index in [2.05, 4.69) is 155 Å². The zero-order valence-electron chi connectivity index (χ0n) is 30.6. The van der Waals surface area contributed by atoms with Gasteiger partial charge in [0.2, 0.25) is 0 Å². The second-order valence-electron chi connectivity index (χ2n) is 15.8. The maximum atomic E-state index is 5.09. The van der Waals surface area contributed by atoms with Crippen LogP contribution in [0.1, 0.15) is 52.7 Å². The molecule has 0 atom stereocenters. The Morgan fingerprint density at radius 3 is 1.44 bits per heavy atom. The molecule has 0 fully saturated rings. The summed E-state index contributed by atoms with van der Waals surface area (Å²) < 4.78 is 2.45. The van der Waals surface area contributed by atoms with E-state index in [9.17, 15) is 0 Å². The molecule has 0 spiro atoms. The van der Waals surface area contributed by atoms with Gasteiger partial charge in [0.1, 0.15) is 0 Å². The standard InChI is InChI=1S/C48H42N4/c1-46(2)39-29-38-37-28-35(45-50-43(32-19-12-8-13-20-32)49-44(51-45)33-21-14-9-15-22-33)25-26-41(37)52(42(38)30-40(39)47(3,4)48(46,5)6)36-24-16-23-34(27-36)31-17-10-7-11-18-31/h7-30H,1-6H3. The molecule has 9 rings (SSSR count). The summed E-state index contributed by atoms with van der Waals surface area (Å²) in [6.45, 7) is 14.5. The number of aromatic nitrogens is 4. The molecule has 52 heavy (non-hydrogen) atoms.